The lowest BCUT2D eigenvalue weighted by molar-refractivity contribution is 0.0995. The van der Waals surface area contributed by atoms with E-state index in [-0.39, 0.29) is 23.6 Å². The molecule has 2 aromatic heterocycles. The number of aromatic nitrogens is 4. The van der Waals surface area contributed by atoms with E-state index in [4.69, 9.17) is 11.5 Å². The number of hydrogen-bond donors (Lipinski definition) is 4. The fourth-order valence-corrected chi connectivity index (χ4v) is 3.48. The minimum atomic E-state index is -0.707. The lowest BCUT2D eigenvalue weighted by atomic mass is 9.91. The van der Waals surface area contributed by atoms with Crippen molar-refractivity contribution in [3.8, 4) is 0 Å². The second-order valence-corrected chi connectivity index (χ2v) is 6.90. The zero-order valence-corrected chi connectivity index (χ0v) is 15.3. The van der Waals surface area contributed by atoms with Gasteiger partial charge in [-0.25, -0.2) is 0 Å². The number of nitrogens with zero attached hydrogens (tertiary/aromatic N) is 4. The molecule has 1 aromatic carbocycles. The van der Waals surface area contributed by atoms with Crippen molar-refractivity contribution < 1.29 is 4.79 Å². The van der Waals surface area contributed by atoms with Crippen LogP contribution in [0, 0.1) is 0 Å². The molecule has 9 nitrogen and oxygen atoms in total. The SMILES string of the molecule is NC(=O)c1nnc(N[C@@H]2CCCC[C@@H]2N)nc1Nc1cccc2ncccc12. The van der Waals surface area contributed by atoms with Crippen molar-refractivity contribution in [3.05, 3.63) is 42.2 Å². The third kappa shape index (κ3) is 3.70. The van der Waals surface area contributed by atoms with Crippen LogP contribution in [0.4, 0.5) is 17.5 Å². The van der Waals surface area contributed by atoms with E-state index in [0.29, 0.717) is 5.95 Å². The van der Waals surface area contributed by atoms with Crippen LogP contribution in [-0.4, -0.2) is 38.2 Å². The third-order valence-electron chi connectivity index (χ3n) is 4.95. The Morgan fingerprint density at radius 2 is 1.96 bits per heavy atom. The molecule has 0 spiro atoms. The highest BCUT2D eigenvalue weighted by Crippen LogP contribution is 2.26. The van der Waals surface area contributed by atoms with Gasteiger partial charge >= 0.3 is 0 Å². The van der Waals surface area contributed by atoms with Crippen molar-refractivity contribution in [3.63, 3.8) is 0 Å². The van der Waals surface area contributed by atoms with E-state index in [2.05, 4.69) is 30.8 Å². The predicted octanol–water partition coefficient (Wildman–Crippen LogP) is 1.94. The maximum Gasteiger partial charge on any atom is 0.273 e. The zero-order valence-electron chi connectivity index (χ0n) is 15.3. The second kappa shape index (κ2) is 7.73. The summed E-state index contributed by atoms with van der Waals surface area (Å²) in [7, 11) is 0. The number of benzene rings is 1. The Morgan fingerprint density at radius 3 is 2.79 bits per heavy atom. The zero-order chi connectivity index (χ0) is 19.5. The number of amides is 1. The molecule has 4 rings (SSSR count). The normalized spacial score (nSPS) is 19.3. The molecule has 0 aliphatic heterocycles. The van der Waals surface area contributed by atoms with E-state index in [1.807, 2.05) is 30.3 Å². The molecular formula is C19H22N8O. The number of rotatable bonds is 5. The second-order valence-electron chi connectivity index (χ2n) is 6.90. The summed E-state index contributed by atoms with van der Waals surface area (Å²) >= 11 is 0. The van der Waals surface area contributed by atoms with Crippen molar-refractivity contribution in [2.24, 2.45) is 11.5 Å². The molecular weight excluding hydrogens is 356 g/mol. The standard InChI is InChI=1S/C19H22N8O/c20-12-6-1-2-7-15(12)24-19-25-18(16(17(21)28)26-27-19)23-14-9-3-8-13-11(14)5-4-10-22-13/h3-5,8-10,12,15H,1-2,6-7,20H2,(H2,21,28)(H2,23,24,25,27)/t12-,15+/m0/s1. The number of nitrogens with two attached hydrogens (primary N) is 2. The number of nitrogens with one attached hydrogen (secondary N) is 2. The van der Waals surface area contributed by atoms with E-state index >= 15 is 0 Å². The van der Waals surface area contributed by atoms with E-state index in [1.165, 1.54) is 0 Å². The van der Waals surface area contributed by atoms with Gasteiger partial charge in [-0.15, -0.1) is 10.2 Å². The van der Waals surface area contributed by atoms with Gasteiger partial charge in [0.05, 0.1) is 5.52 Å². The lowest BCUT2D eigenvalue weighted by Crippen LogP contribution is -2.43. The first-order chi connectivity index (χ1) is 13.6. The van der Waals surface area contributed by atoms with Crippen LogP contribution in [0.25, 0.3) is 10.9 Å². The Hall–Kier alpha value is -3.33. The van der Waals surface area contributed by atoms with Crippen molar-refractivity contribution in [1.29, 1.82) is 0 Å². The molecule has 0 unspecified atom stereocenters. The number of anilines is 3. The highest BCUT2D eigenvalue weighted by atomic mass is 16.1. The smallest absolute Gasteiger partial charge is 0.273 e. The molecule has 1 saturated carbocycles. The van der Waals surface area contributed by atoms with Gasteiger partial charge in [0.15, 0.2) is 11.5 Å². The van der Waals surface area contributed by atoms with Crippen LogP contribution in [0.2, 0.25) is 0 Å². The number of pyridine rings is 1. The molecule has 0 radical (unpaired) electrons. The van der Waals surface area contributed by atoms with Crippen molar-refractivity contribution in [1.82, 2.24) is 20.2 Å². The molecule has 9 heteroatoms. The summed E-state index contributed by atoms with van der Waals surface area (Å²) in [5.41, 5.74) is 13.2. The molecule has 6 N–H and O–H groups in total. The van der Waals surface area contributed by atoms with E-state index in [0.717, 1.165) is 42.3 Å². The quantitative estimate of drug-likeness (QED) is 0.527. The van der Waals surface area contributed by atoms with Crippen LogP contribution in [0.3, 0.4) is 0 Å². The Kier molecular flexibility index (Phi) is 4.98. The van der Waals surface area contributed by atoms with Gasteiger partial charge in [0, 0.05) is 29.4 Å². The number of carbonyl (C=O) groups excluding carboxylic acids is 1. The van der Waals surface area contributed by atoms with Crippen molar-refractivity contribution in [2.45, 2.75) is 37.8 Å². The Labute approximate surface area is 162 Å². The molecule has 1 fully saturated rings. The lowest BCUT2D eigenvalue weighted by Gasteiger charge is -2.29. The largest absolute Gasteiger partial charge is 0.364 e. The van der Waals surface area contributed by atoms with Gasteiger partial charge in [-0.2, -0.15) is 4.98 Å². The van der Waals surface area contributed by atoms with Crippen LogP contribution in [0.15, 0.2) is 36.5 Å². The number of primary amides is 1. The topological polar surface area (TPSA) is 145 Å². The van der Waals surface area contributed by atoms with Crippen LogP contribution in [0.5, 0.6) is 0 Å². The molecule has 1 aliphatic carbocycles. The van der Waals surface area contributed by atoms with Gasteiger partial charge in [-0.3, -0.25) is 9.78 Å². The van der Waals surface area contributed by atoms with Crippen molar-refractivity contribution in [2.75, 3.05) is 10.6 Å². The van der Waals surface area contributed by atoms with E-state index in [1.54, 1.807) is 6.20 Å². The summed E-state index contributed by atoms with van der Waals surface area (Å²) in [5, 5.41) is 15.3. The maximum atomic E-state index is 11.8. The Bertz CT molecular complexity index is 1000. The minimum absolute atomic E-state index is 0.0283. The Morgan fingerprint density at radius 1 is 1.11 bits per heavy atom. The van der Waals surface area contributed by atoms with Gasteiger partial charge in [0.2, 0.25) is 5.95 Å². The first-order valence-electron chi connectivity index (χ1n) is 9.29. The molecule has 1 amide bonds. The van der Waals surface area contributed by atoms with Crippen LogP contribution in [0.1, 0.15) is 36.2 Å². The first kappa shape index (κ1) is 18.1. The summed E-state index contributed by atoms with van der Waals surface area (Å²) in [6, 6.07) is 9.54. The van der Waals surface area contributed by atoms with Crippen LogP contribution in [-0.2, 0) is 0 Å². The molecule has 28 heavy (non-hydrogen) atoms. The van der Waals surface area contributed by atoms with Gasteiger partial charge in [0.1, 0.15) is 0 Å². The van der Waals surface area contributed by atoms with Gasteiger partial charge in [-0.1, -0.05) is 18.9 Å². The van der Waals surface area contributed by atoms with Crippen molar-refractivity contribution >= 4 is 34.3 Å². The molecule has 3 aromatic rings. The summed E-state index contributed by atoms with van der Waals surface area (Å²) in [4.78, 5) is 20.6. The average molecular weight is 378 g/mol. The summed E-state index contributed by atoms with van der Waals surface area (Å²) in [6.45, 7) is 0. The predicted molar refractivity (Wildman–Crippen MR) is 107 cm³/mol. The Balaban J connectivity index is 1.67. The monoisotopic (exact) mass is 378 g/mol. The number of carbonyl (C=O) groups is 1. The molecule has 2 atom stereocenters. The number of fused-ring (bicyclic) bond motifs is 1. The summed E-state index contributed by atoms with van der Waals surface area (Å²) in [6.07, 6.45) is 5.86. The maximum absolute atomic E-state index is 11.8. The van der Waals surface area contributed by atoms with Gasteiger partial charge in [-0.05, 0) is 37.1 Å². The highest BCUT2D eigenvalue weighted by molar-refractivity contribution is 5.98. The molecule has 1 aliphatic rings. The summed E-state index contributed by atoms with van der Waals surface area (Å²) < 4.78 is 0. The highest BCUT2D eigenvalue weighted by Gasteiger charge is 2.23. The fraction of sp³-hybridized carbons (Fsp3) is 0.316. The van der Waals surface area contributed by atoms with Gasteiger partial charge in [0.25, 0.3) is 5.91 Å². The number of hydrogen-bond acceptors (Lipinski definition) is 8. The van der Waals surface area contributed by atoms with Crippen LogP contribution >= 0.6 is 0 Å². The molecule has 2 heterocycles. The molecule has 0 saturated heterocycles. The van der Waals surface area contributed by atoms with Gasteiger partial charge < -0.3 is 22.1 Å². The molecule has 144 valence electrons. The first-order valence-corrected chi connectivity index (χ1v) is 9.29. The third-order valence-corrected chi connectivity index (χ3v) is 4.95. The van der Waals surface area contributed by atoms with Crippen LogP contribution < -0.4 is 22.1 Å². The fourth-order valence-electron chi connectivity index (χ4n) is 3.48. The van der Waals surface area contributed by atoms with E-state index in [9.17, 15) is 4.79 Å². The average Bonchev–Trinajstić information content (AvgIpc) is 2.70. The summed E-state index contributed by atoms with van der Waals surface area (Å²) in [5.74, 6) is -0.152. The van der Waals surface area contributed by atoms with E-state index < -0.39 is 5.91 Å². The molecule has 0 bridgehead atoms. The minimum Gasteiger partial charge on any atom is -0.364 e.